The molecule has 4 nitrogen and oxygen atoms in total. The summed E-state index contributed by atoms with van der Waals surface area (Å²) in [5.74, 6) is 0.787. The smallest absolute Gasteiger partial charge is 0.799 e. The second-order valence-corrected chi connectivity index (χ2v) is 13.9. The van der Waals surface area contributed by atoms with Crippen molar-refractivity contribution in [2.75, 3.05) is 24.6 Å². The molecule has 0 aliphatic carbocycles. The van der Waals surface area contributed by atoms with Crippen LogP contribution in [-0.2, 0) is 25.6 Å². The Bertz CT molecular complexity index is 432. The predicted octanol–water partition coefficient (Wildman–Crippen LogP) is 7.28. The van der Waals surface area contributed by atoms with E-state index in [1.165, 1.54) is 0 Å². The summed E-state index contributed by atoms with van der Waals surface area (Å²) in [6, 6.07) is 0. The van der Waals surface area contributed by atoms with Crippen molar-refractivity contribution in [1.29, 1.82) is 0 Å². The van der Waals surface area contributed by atoms with Crippen LogP contribution in [-0.4, -0.2) is 24.6 Å². The van der Waals surface area contributed by atoms with Crippen molar-refractivity contribution < 1.29 is 35.4 Å². The molecule has 7 heteroatoms. The van der Waals surface area contributed by atoms with E-state index in [9.17, 15) is 18.9 Å². The van der Waals surface area contributed by atoms with Crippen molar-refractivity contribution in [3.8, 4) is 0 Å². The van der Waals surface area contributed by atoms with E-state index in [2.05, 4.69) is 27.7 Å². The Morgan fingerprint density at radius 2 is 0.871 bits per heavy atom. The van der Waals surface area contributed by atoms with Gasteiger partial charge in [0.2, 0.25) is 0 Å². The van der Waals surface area contributed by atoms with Crippen LogP contribution in [0.15, 0.2) is 0 Å². The minimum absolute atomic E-state index is 0. The fraction of sp³-hybridized carbons (Fsp3) is 1.00. The van der Waals surface area contributed by atoms with Gasteiger partial charge in [-0.15, -0.1) is 0 Å². The topological polar surface area (TPSA) is 80.3 Å². The summed E-state index contributed by atoms with van der Waals surface area (Å²) >= 11 is 0. The maximum Gasteiger partial charge on any atom is 2.00 e. The molecule has 0 radical (unpaired) electrons. The van der Waals surface area contributed by atoms with Gasteiger partial charge in [0.1, 0.15) is 0 Å². The van der Waals surface area contributed by atoms with Crippen LogP contribution < -0.4 is 9.79 Å². The van der Waals surface area contributed by atoms with Crippen molar-refractivity contribution in [2.24, 2.45) is 11.8 Å². The van der Waals surface area contributed by atoms with Crippen molar-refractivity contribution >= 4 is 14.7 Å². The average molecular weight is 525 g/mol. The molecule has 0 aliphatic rings. The molecule has 4 unspecified atom stereocenters. The molecule has 0 aliphatic heterocycles. The van der Waals surface area contributed by atoms with Crippen LogP contribution in [0, 0.1) is 11.8 Å². The zero-order chi connectivity index (χ0) is 23.5. The summed E-state index contributed by atoms with van der Waals surface area (Å²) in [6.45, 7) is 12.6. The summed E-state index contributed by atoms with van der Waals surface area (Å²) in [5.41, 5.74) is 0. The molecular formula is C24H52NiO4P2. The van der Waals surface area contributed by atoms with Gasteiger partial charge < -0.3 is 18.9 Å². The van der Waals surface area contributed by atoms with E-state index in [0.29, 0.717) is 36.5 Å². The first-order valence-electron chi connectivity index (χ1n) is 12.7. The van der Waals surface area contributed by atoms with Gasteiger partial charge in [-0.2, -0.15) is 0 Å². The quantitative estimate of drug-likeness (QED) is 0.139. The van der Waals surface area contributed by atoms with Crippen LogP contribution in [0.1, 0.15) is 119 Å². The number of hydrogen-bond acceptors (Lipinski definition) is 4. The number of unbranched alkanes of at least 4 members (excludes halogenated alkanes) is 4. The zero-order valence-electron chi connectivity index (χ0n) is 21.3. The molecule has 0 amide bonds. The number of rotatable bonds is 18. The first kappa shape index (κ1) is 36.4. The molecule has 192 valence electrons. The molecule has 0 saturated carbocycles. The van der Waals surface area contributed by atoms with Gasteiger partial charge >= 0.3 is 16.5 Å². The van der Waals surface area contributed by atoms with Crippen molar-refractivity contribution in [3.63, 3.8) is 0 Å². The molecule has 0 fully saturated rings. The molecule has 4 atom stereocenters. The van der Waals surface area contributed by atoms with E-state index < -0.39 is 14.7 Å². The minimum atomic E-state index is -3.07. The summed E-state index contributed by atoms with van der Waals surface area (Å²) in [7, 11) is -6.14. The van der Waals surface area contributed by atoms with Gasteiger partial charge in [0.25, 0.3) is 0 Å². The average Bonchev–Trinajstić information content (AvgIpc) is 2.71. The Kier molecular flexibility index (Phi) is 26.6. The van der Waals surface area contributed by atoms with Crippen LogP contribution in [0.3, 0.4) is 0 Å². The summed E-state index contributed by atoms with van der Waals surface area (Å²) < 4.78 is 23.5. The van der Waals surface area contributed by atoms with E-state index in [0.717, 1.165) is 77.0 Å². The second-order valence-electron chi connectivity index (χ2n) is 8.98. The Morgan fingerprint density at radius 3 is 1.10 bits per heavy atom. The Morgan fingerprint density at radius 1 is 0.581 bits per heavy atom. The van der Waals surface area contributed by atoms with Crippen molar-refractivity contribution in [2.45, 2.75) is 119 Å². The van der Waals surface area contributed by atoms with E-state index in [1.807, 2.05) is 13.8 Å². The largest absolute Gasteiger partial charge is 2.00 e. The molecule has 0 N–H and O–H groups in total. The van der Waals surface area contributed by atoms with E-state index in [4.69, 9.17) is 0 Å². The first-order valence-corrected chi connectivity index (χ1v) is 16.7. The summed E-state index contributed by atoms with van der Waals surface area (Å²) in [6.07, 6.45) is 14.1. The van der Waals surface area contributed by atoms with Gasteiger partial charge in [-0.05, 0) is 49.3 Å². The minimum Gasteiger partial charge on any atom is -0.799 e. The molecule has 0 spiro atoms. The molecule has 31 heavy (non-hydrogen) atoms. The van der Waals surface area contributed by atoms with E-state index in [1.54, 1.807) is 0 Å². The second kappa shape index (κ2) is 22.7. The third-order valence-corrected chi connectivity index (χ3v) is 10.0. The SMILES string of the molecule is CCCCC(CC)CP(=O)([O-])CCCC.CCCCC(CC)CP(=O)([O-])CCCC.[Ni+2]. The fourth-order valence-corrected chi connectivity index (χ4v) is 8.02. The Hall–Kier alpha value is 0.874. The van der Waals surface area contributed by atoms with Crippen molar-refractivity contribution in [3.05, 3.63) is 0 Å². The summed E-state index contributed by atoms with van der Waals surface area (Å²) in [5, 5.41) is 0. The standard InChI is InChI=1S/2C12H27O2P.Ni/c2*1-4-7-9-12(6-3)11-15(13,14)10-8-5-2;/h2*12H,4-11H2,1-3H3,(H,13,14);/q;;+2/p-2. The molecule has 0 aromatic rings. The van der Waals surface area contributed by atoms with Gasteiger partial charge in [-0.3, -0.25) is 0 Å². The van der Waals surface area contributed by atoms with Gasteiger partial charge in [-0.25, -0.2) is 0 Å². The molecule has 0 saturated heterocycles. The predicted molar refractivity (Wildman–Crippen MR) is 131 cm³/mol. The Labute approximate surface area is 205 Å². The maximum atomic E-state index is 11.7. The van der Waals surface area contributed by atoms with E-state index in [-0.39, 0.29) is 16.5 Å². The monoisotopic (exact) mass is 524 g/mol. The van der Waals surface area contributed by atoms with Gasteiger partial charge in [0, 0.05) is 14.7 Å². The van der Waals surface area contributed by atoms with Crippen LogP contribution in [0.5, 0.6) is 0 Å². The molecular weight excluding hydrogens is 473 g/mol. The number of hydrogen-bond donors (Lipinski definition) is 0. The molecule has 0 bridgehead atoms. The summed E-state index contributed by atoms with van der Waals surface area (Å²) in [4.78, 5) is 23.5. The molecule has 0 aromatic heterocycles. The fourth-order valence-electron chi connectivity index (χ4n) is 3.60. The maximum absolute atomic E-state index is 11.7. The Balaban J connectivity index is -0.000000490. The third kappa shape index (κ3) is 23.8. The van der Waals surface area contributed by atoms with E-state index >= 15 is 0 Å². The van der Waals surface area contributed by atoms with Gasteiger partial charge in [0.15, 0.2) is 0 Å². The molecule has 0 rings (SSSR count). The van der Waals surface area contributed by atoms with Gasteiger partial charge in [0.05, 0.1) is 0 Å². The van der Waals surface area contributed by atoms with Crippen LogP contribution >= 0.6 is 14.7 Å². The van der Waals surface area contributed by atoms with Crippen LogP contribution in [0.4, 0.5) is 0 Å². The normalized spacial score (nSPS) is 16.8. The van der Waals surface area contributed by atoms with Gasteiger partial charge in [-0.1, -0.05) is 106 Å². The van der Waals surface area contributed by atoms with Crippen LogP contribution in [0.2, 0.25) is 0 Å². The molecule has 0 heterocycles. The van der Waals surface area contributed by atoms with Crippen LogP contribution in [0.25, 0.3) is 0 Å². The molecule has 0 aromatic carbocycles. The first-order chi connectivity index (χ1) is 14.1. The van der Waals surface area contributed by atoms with Crippen molar-refractivity contribution in [1.82, 2.24) is 0 Å². The third-order valence-electron chi connectivity index (χ3n) is 5.86. The zero-order valence-corrected chi connectivity index (χ0v) is 24.1.